The van der Waals surface area contributed by atoms with Gasteiger partial charge in [-0.15, -0.1) is 5.10 Å². The molecule has 1 aromatic heterocycles. The number of benzene rings is 2. The third kappa shape index (κ3) is 4.23. The van der Waals surface area contributed by atoms with Crippen LogP contribution in [-0.2, 0) is 26.3 Å². The van der Waals surface area contributed by atoms with Crippen molar-refractivity contribution in [3.8, 4) is 0 Å². The van der Waals surface area contributed by atoms with Crippen molar-refractivity contribution in [1.82, 2.24) is 19.3 Å². The number of carbonyl (C=O) groups is 1. The zero-order valence-electron chi connectivity index (χ0n) is 16.6. The van der Waals surface area contributed by atoms with E-state index in [2.05, 4.69) is 10.3 Å². The number of rotatable bonds is 5. The normalized spacial score (nSPS) is 15.7. The SMILES string of the molecule is O=C(OCn1nnc2ccccc2c1=O)C1CCN(S(=O)(=O)c2ccc(F)c(F)c2)CC1. The summed E-state index contributed by atoms with van der Waals surface area (Å²) in [5, 5.41) is 8.00. The van der Waals surface area contributed by atoms with E-state index in [0.29, 0.717) is 17.0 Å². The van der Waals surface area contributed by atoms with Gasteiger partial charge in [0, 0.05) is 13.1 Å². The average Bonchev–Trinajstić information content (AvgIpc) is 2.80. The summed E-state index contributed by atoms with van der Waals surface area (Å²) in [5.74, 6) is -3.55. The fourth-order valence-corrected chi connectivity index (χ4v) is 4.95. The van der Waals surface area contributed by atoms with Gasteiger partial charge in [-0.3, -0.25) is 9.59 Å². The van der Waals surface area contributed by atoms with Crippen LogP contribution in [0.1, 0.15) is 12.8 Å². The molecule has 4 rings (SSSR count). The number of hydrogen-bond donors (Lipinski definition) is 0. The van der Waals surface area contributed by atoms with Crippen LogP contribution in [0.2, 0.25) is 0 Å². The minimum atomic E-state index is -4.02. The second-order valence-corrected chi connectivity index (χ2v) is 9.20. The van der Waals surface area contributed by atoms with E-state index in [1.165, 1.54) is 0 Å². The predicted octanol–water partition coefficient (Wildman–Crippen LogP) is 1.67. The molecule has 0 radical (unpaired) electrons. The van der Waals surface area contributed by atoms with Gasteiger partial charge in [0.1, 0.15) is 5.52 Å². The molecule has 2 aromatic carbocycles. The lowest BCUT2D eigenvalue weighted by Gasteiger charge is -2.30. The molecular formula is C20H18F2N4O5S. The Morgan fingerprint density at radius 3 is 2.53 bits per heavy atom. The molecule has 0 saturated carbocycles. The molecule has 0 unspecified atom stereocenters. The molecule has 168 valence electrons. The Kier molecular flexibility index (Phi) is 5.98. The van der Waals surface area contributed by atoms with E-state index < -0.39 is 45.8 Å². The van der Waals surface area contributed by atoms with Crippen LogP contribution >= 0.6 is 0 Å². The van der Waals surface area contributed by atoms with Crippen LogP contribution in [0.3, 0.4) is 0 Å². The zero-order chi connectivity index (χ0) is 22.9. The topological polar surface area (TPSA) is 111 Å². The van der Waals surface area contributed by atoms with Crippen LogP contribution in [0.5, 0.6) is 0 Å². The number of hydrogen-bond acceptors (Lipinski definition) is 7. The van der Waals surface area contributed by atoms with Gasteiger partial charge in [-0.2, -0.15) is 8.99 Å². The Labute approximate surface area is 181 Å². The van der Waals surface area contributed by atoms with Crippen molar-refractivity contribution in [2.75, 3.05) is 13.1 Å². The lowest BCUT2D eigenvalue weighted by Crippen LogP contribution is -2.41. The van der Waals surface area contributed by atoms with E-state index >= 15 is 0 Å². The van der Waals surface area contributed by atoms with Crippen molar-refractivity contribution in [3.63, 3.8) is 0 Å². The molecule has 32 heavy (non-hydrogen) atoms. The average molecular weight is 464 g/mol. The summed E-state index contributed by atoms with van der Waals surface area (Å²) in [5.41, 5.74) is -0.0227. The number of aromatic nitrogens is 3. The van der Waals surface area contributed by atoms with Crippen molar-refractivity contribution >= 4 is 26.9 Å². The molecule has 3 aromatic rings. The number of fused-ring (bicyclic) bond motifs is 1. The first kappa shape index (κ1) is 22.0. The van der Waals surface area contributed by atoms with Gasteiger partial charge in [0.2, 0.25) is 10.0 Å². The maximum atomic E-state index is 13.4. The fraction of sp³-hybridized carbons (Fsp3) is 0.300. The smallest absolute Gasteiger partial charge is 0.310 e. The number of halogens is 2. The Morgan fingerprint density at radius 2 is 1.81 bits per heavy atom. The molecule has 1 fully saturated rings. The highest BCUT2D eigenvalue weighted by Gasteiger charge is 2.33. The number of piperidine rings is 1. The van der Waals surface area contributed by atoms with E-state index in [1.807, 2.05) is 0 Å². The largest absolute Gasteiger partial charge is 0.442 e. The van der Waals surface area contributed by atoms with E-state index in [9.17, 15) is 26.8 Å². The van der Waals surface area contributed by atoms with Gasteiger partial charge in [-0.05, 0) is 43.2 Å². The van der Waals surface area contributed by atoms with Crippen molar-refractivity contribution in [1.29, 1.82) is 0 Å². The molecule has 1 saturated heterocycles. The van der Waals surface area contributed by atoms with Crippen LogP contribution in [0.15, 0.2) is 52.2 Å². The molecule has 2 heterocycles. The Bertz CT molecular complexity index is 1340. The standard InChI is InChI=1S/C20H18F2N4O5S/c21-16-6-5-14(11-17(16)22)32(29,30)25-9-7-13(8-10-25)20(28)31-12-26-19(27)15-3-1-2-4-18(15)23-24-26/h1-6,11,13H,7-10,12H2. The number of sulfonamides is 1. The summed E-state index contributed by atoms with van der Waals surface area (Å²) in [7, 11) is -4.02. The van der Waals surface area contributed by atoms with Gasteiger partial charge in [0.25, 0.3) is 5.56 Å². The van der Waals surface area contributed by atoms with Gasteiger partial charge < -0.3 is 4.74 Å². The first-order valence-electron chi connectivity index (χ1n) is 9.72. The van der Waals surface area contributed by atoms with E-state index in [-0.39, 0.29) is 30.8 Å². The third-order valence-electron chi connectivity index (χ3n) is 5.27. The summed E-state index contributed by atoms with van der Waals surface area (Å²) < 4.78 is 59.1. The molecule has 0 atom stereocenters. The maximum absolute atomic E-state index is 13.4. The second-order valence-electron chi connectivity index (χ2n) is 7.26. The predicted molar refractivity (Wildman–Crippen MR) is 108 cm³/mol. The highest BCUT2D eigenvalue weighted by atomic mass is 32.2. The van der Waals surface area contributed by atoms with Gasteiger partial charge in [0.05, 0.1) is 16.2 Å². The van der Waals surface area contributed by atoms with E-state index in [0.717, 1.165) is 21.1 Å². The number of ether oxygens (including phenoxy) is 1. The Hall–Kier alpha value is -3.25. The molecule has 1 aliphatic rings. The second kappa shape index (κ2) is 8.71. The first-order valence-corrected chi connectivity index (χ1v) is 11.2. The maximum Gasteiger partial charge on any atom is 0.310 e. The monoisotopic (exact) mass is 464 g/mol. The van der Waals surface area contributed by atoms with Gasteiger partial charge >= 0.3 is 5.97 Å². The quantitative estimate of drug-likeness (QED) is 0.528. The molecule has 0 bridgehead atoms. The van der Waals surface area contributed by atoms with Gasteiger partial charge in [0.15, 0.2) is 18.4 Å². The first-order chi connectivity index (χ1) is 15.3. The number of nitrogens with zero attached hydrogens (tertiary/aromatic N) is 4. The molecule has 12 heteroatoms. The summed E-state index contributed by atoms with van der Waals surface area (Å²) in [4.78, 5) is 24.5. The summed E-state index contributed by atoms with van der Waals surface area (Å²) in [6.07, 6.45) is 0.361. The summed E-state index contributed by atoms with van der Waals surface area (Å²) in [6.45, 7) is -0.392. The van der Waals surface area contributed by atoms with Crippen molar-refractivity contribution in [3.05, 3.63) is 64.5 Å². The summed E-state index contributed by atoms with van der Waals surface area (Å²) in [6, 6.07) is 9.02. The minimum absolute atomic E-state index is 0.0107. The van der Waals surface area contributed by atoms with Crippen LogP contribution in [0.25, 0.3) is 10.9 Å². The third-order valence-corrected chi connectivity index (χ3v) is 7.17. The Balaban J connectivity index is 1.37. The molecule has 0 spiro atoms. The fourth-order valence-electron chi connectivity index (χ4n) is 3.47. The van der Waals surface area contributed by atoms with E-state index in [4.69, 9.17) is 4.74 Å². The lowest BCUT2D eigenvalue weighted by atomic mass is 9.99. The van der Waals surface area contributed by atoms with Crippen LogP contribution in [0.4, 0.5) is 8.78 Å². The number of esters is 1. The molecular weight excluding hydrogens is 446 g/mol. The molecule has 9 nitrogen and oxygen atoms in total. The Morgan fingerprint density at radius 1 is 1.09 bits per heavy atom. The number of carbonyl (C=O) groups excluding carboxylic acids is 1. The van der Waals surface area contributed by atoms with Crippen molar-refractivity contribution in [2.45, 2.75) is 24.5 Å². The molecule has 0 N–H and O–H groups in total. The highest BCUT2D eigenvalue weighted by Crippen LogP contribution is 2.25. The van der Waals surface area contributed by atoms with E-state index in [1.54, 1.807) is 24.3 Å². The van der Waals surface area contributed by atoms with Gasteiger partial charge in [-0.1, -0.05) is 17.3 Å². The molecule has 0 amide bonds. The highest BCUT2D eigenvalue weighted by molar-refractivity contribution is 7.89. The minimum Gasteiger partial charge on any atom is -0.442 e. The van der Waals surface area contributed by atoms with Gasteiger partial charge in [-0.25, -0.2) is 17.2 Å². The molecule has 1 aliphatic heterocycles. The zero-order valence-corrected chi connectivity index (χ0v) is 17.5. The van der Waals surface area contributed by atoms with Crippen molar-refractivity contribution in [2.24, 2.45) is 5.92 Å². The van der Waals surface area contributed by atoms with Crippen molar-refractivity contribution < 1.29 is 26.7 Å². The van der Waals surface area contributed by atoms with Crippen LogP contribution in [-0.4, -0.2) is 46.8 Å². The summed E-state index contributed by atoms with van der Waals surface area (Å²) >= 11 is 0. The van der Waals surface area contributed by atoms with Crippen LogP contribution in [0, 0.1) is 17.6 Å². The van der Waals surface area contributed by atoms with Crippen LogP contribution < -0.4 is 5.56 Å². The molecule has 0 aliphatic carbocycles. The lowest BCUT2D eigenvalue weighted by molar-refractivity contribution is -0.154.